The largest absolute Gasteiger partial charge is 0.497 e. The lowest BCUT2D eigenvalue weighted by Crippen LogP contribution is -2.24. The second-order valence-electron chi connectivity index (χ2n) is 5.69. The Morgan fingerprint density at radius 1 is 1.24 bits per heavy atom. The second-order valence-corrected chi connectivity index (χ2v) is 5.69. The third-order valence-electron chi connectivity index (χ3n) is 4.12. The zero-order chi connectivity index (χ0) is 14.9. The van der Waals surface area contributed by atoms with Crippen LogP contribution in [-0.4, -0.2) is 19.6 Å². The van der Waals surface area contributed by atoms with Crippen LogP contribution in [0.3, 0.4) is 0 Å². The molecule has 3 heteroatoms. The Kier molecular flexibility index (Phi) is 6.32. The van der Waals surface area contributed by atoms with Crippen LogP contribution in [0.15, 0.2) is 30.3 Å². The molecule has 0 bridgehead atoms. The number of methoxy groups -OCH3 is 1. The first-order valence-corrected chi connectivity index (χ1v) is 7.88. The Hall–Kier alpha value is -1.77. The zero-order valence-corrected chi connectivity index (χ0v) is 12.8. The fourth-order valence-corrected chi connectivity index (χ4v) is 2.82. The topological polar surface area (TPSA) is 38.3 Å². The van der Waals surface area contributed by atoms with Gasteiger partial charge >= 0.3 is 0 Å². The lowest BCUT2D eigenvalue weighted by molar-refractivity contribution is -0.116. The van der Waals surface area contributed by atoms with E-state index in [1.54, 1.807) is 13.2 Å². The normalized spacial score (nSPS) is 16.0. The van der Waals surface area contributed by atoms with E-state index >= 15 is 0 Å². The van der Waals surface area contributed by atoms with Crippen LogP contribution >= 0.6 is 0 Å². The molecule has 1 N–H and O–H groups in total. The molecule has 0 aromatic heterocycles. The third kappa shape index (κ3) is 5.62. The van der Waals surface area contributed by atoms with Crippen molar-refractivity contribution < 1.29 is 9.53 Å². The first kappa shape index (κ1) is 15.6. The molecular formula is C18H25NO2. The number of hydrogen-bond donors (Lipinski definition) is 1. The maximum absolute atomic E-state index is 11.8. The van der Waals surface area contributed by atoms with E-state index in [4.69, 9.17) is 4.74 Å². The number of amides is 1. The summed E-state index contributed by atoms with van der Waals surface area (Å²) in [7, 11) is 1.64. The molecule has 0 aliphatic heterocycles. The van der Waals surface area contributed by atoms with Gasteiger partial charge in [-0.25, -0.2) is 0 Å². The van der Waals surface area contributed by atoms with Gasteiger partial charge in [0.15, 0.2) is 0 Å². The number of carbonyl (C=O) groups is 1. The Morgan fingerprint density at radius 2 is 1.95 bits per heavy atom. The number of hydrogen-bond acceptors (Lipinski definition) is 2. The van der Waals surface area contributed by atoms with Crippen LogP contribution in [0, 0.1) is 5.92 Å². The highest BCUT2D eigenvalue weighted by molar-refractivity contribution is 5.91. The molecule has 1 aromatic carbocycles. The van der Waals surface area contributed by atoms with E-state index in [-0.39, 0.29) is 5.91 Å². The summed E-state index contributed by atoms with van der Waals surface area (Å²) < 4.78 is 5.10. The fraction of sp³-hybridized carbons (Fsp3) is 0.500. The predicted octanol–water partition coefficient (Wildman–Crippen LogP) is 3.80. The van der Waals surface area contributed by atoms with Gasteiger partial charge in [-0.05, 0) is 36.1 Å². The number of rotatable bonds is 6. The molecular weight excluding hydrogens is 262 g/mol. The van der Waals surface area contributed by atoms with Crippen LogP contribution in [0.5, 0.6) is 5.75 Å². The minimum absolute atomic E-state index is 0.0124. The van der Waals surface area contributed by atoms with Crippen molar-refractivity contribution in [2.45, 2.75) is 38.5 Å². The van der Waals surface area contributed by atoms with E-state index in [9.17, 15) is 4.79 Å². The molecule has 1 saturated carbocycles. The Bertz CT molecular complexity index is 459. The molecule has 21 heavy (non-hydrogen) atoms. The highest BCUT2D eigenvalue weighted by Crippen LogP contribution is 2.25. The van der Waals surface area contributed by atoms with E-state index in [0.29, 0.717) is 0 Å². The highest BCUT2D eigenvalue weighted by Gasteiger charge is 2.12. The number of nitrogens with one attached hydrogen (secondary N) is 1. The monoisotopic (exact) mass is 287 g/mol. The summed E-state index contributed by atoms with van der Waals surface area (Å²) in [4.78, 5) is 11.8. The van der Waals surface area contributed by atoms with Crippen molar-refractivity contribution in [2.24, 2.45) is 5.92 Å². The smallest absolute Gasteiger partial charge is 0.243 e. The van der Waals surface area contributed by atoms with Crippen LogP contribution in [-0.2, 0) is 4.79 Å². The molecule has 0 saturated heterocycles. The molecule has 0 atom stereocenters. The van der Waals surface area contributed by atoms with Gasteiger partial charge in [0.1, 0.15) is 5.75 Å². The van der Waals surface area contributed by atoms with Crippen LogP contribution in [0.25, 0.3) is 6.08 Å². The maximum Gasteiger partial charge on any atom is 0.243 e. The van der Waals surface area contributed by atoms with Gasteiger partial charge in [0, 0.05) is 12.6 Å². The number of benzene rings is 1. The molecule has 0 heterocycles. The number of ether oxygens (including phenoxy) is 1. The standard InChI is InChI=1S/C18H25NO2/c1-21-17-10-7-16(8-11-17)9-12-18(20)19-14-13-15-5-3-2-4-6-15/h7-12,15H,2-6,13-14H2,1H3,(H,19,20)/b12-9+. The van der Waals surface area contributed by atoms with Gasteiger partial charge in [-0.15, -0.1) is 0 Å². The number of carbonyl (C=O) groups excluding carboxylic acids is 1. The van der Waals surface area contributed by atoms with E-state index in [0.717, 1.165) is 30.2 Å². The Balaban J connectivity index is 1.69. The van der Waals surface area contributed by atoms with Crippen LogP contribution in [0.2, 0.25) is 0 Å². The lowest BCUT2D eigenvalue weighted by atomic mass is 9.87. The lowest BCUT2D eigenvalue weighted by Gasteiger charge is -2.21. The van der Waals surface area contributed by atoms with Crippen molar-refractivity contribution in [3.05, 3.63) is 35.9 Å². The van der Waals surface area contributed by atoms with Gasteiger partial charge < -0.3 is 10.1 Å². The van der Waals surface area contributed by atoms with E-state index in [2.05, 4.69) is 5.32 Å². The third-order valence-corrected chi connectivity index (χ3v) is 4.12. The predicted molar refractivity (Wildman–Crippen MR) is 86.2 cm³/mol. The van der Waals surface area contributed by atoms with Crippen molar-refractivity contribution in [2.75, 3.05) is 13.7 Å². The van der Waals surface area contributed by atoms with Gasteiger partial charge in [0.2, 0.25) is 5.91 Å². The average Bonchev–Trinajstić information content (AvgIpc) is 2.54. The highest BCUT2D eigenvalue weighted by atomic mass is 16.5. The summed E-state index contributed by atoms with van der Waals surface area (Å²) in [5.74, 6) is 1.62. The van der Waals surface area contributed by atoms with Crippen molar-refractivity contribution in [3.8, 4) is 5.75 Å². The quantitative estimate of drug-likeness (QED) is 0.808. The summed E-state index contributed by atoms with van der Waals surface area (Å²) in [6, 6.07) is 7.65. The molecule has 0 spiro atoms. The molecule has 3 nitrogen and oxygen atoms in total. The van der Waals surface area contributed by atoms with Gasteiger partial charge in [-0.3, -0.25) is 4.79 Å². The summed E-state index contributed by atoms with van der Waals surface area (Å²) >= 11 is 0. The molecule has 1 aliphatic carbocycles. The SMILES string of the molecule is COc1ccc(/C=C/C(=O)NCCC2CCCCC2)cc1. The average molecular weight is 287 g/mol. The molecule has 1 fully saturated rings. The molecule has 0 unspecified atom stereocenters. The molecule has 0 radical (unpaired) electrons. The summed E-state index contributed by atoms with van der Waals surface area (Å²) in [5, 5.41) is 2.97. The Labute approximate surface area is 127 Å². The van der Waals surface area contributed by atoms with Crippen LogP contribution < -0.4 is 10.1 Å². The van der Waals surface area contributed by atoms with Crippen molar-refractivity contribution >= 4 is 12.0 Å². The molecule has 1 aliphatic rings. The second kappa shape index (κ2) is 8.50. The molecule has 114 valence electrons. The summed E-state index contributed by atoms with van der Waals surface area (Å²) in [6.45, 7) is 0.788. The van der Waals surface area contributed by atoms with Crippen LogP contribution in [0.1, 0.15) is 44.1 Å². The molecule has 1 aromatic rings. The summed E-state index contributed by atoms with van der Waals surface area (Å²) in [5.41, 5.74) is 0.998. The maximum atomic E-state index is 11.8. The first-order chi connectivity index (χ1) is 10.3. The van der Waals surface area contributed by atoms with Crippen LogP contribution in [0.4, 0.5) is 0 Å². The van der Waals surface area contributed by atoms with Crippen molar-refractivity contribution in [1.82, 2.24) is 5.32 Å². The van der Waals surface area contributed by atoms with Crippen molar-refractivity contribution in [1.29, 1.82) is 0 Å². The minimum Gasteiger partial charge on any atom is -0.497 e. The summed E-state index contributed by atoms with van der Waals surface area (Å²) in [6.07, 6.45) is 11.3. The van der Waals surface area contributed by atoms with Gasteiger partial charge in [-0.1, -0.05) is 44.2 Å². The van der Waals surface area contributed by atoms with E-state index in [1.807, 2.05) is 30.3 Å². The molecule has 1 amide bonds. The van der Waals surface area contributed by atoms with Gasteiger partial charge in [0.25, 0.3) is 0 Å². The van der Waals surface area contributed by atoms with Gasteiger partial charge in [-0.2, -0.15) is 0 Å². The Morgan fingerprint density at radius 3 is 2.62 bits per heavy atom. The van der Waals surface area contributed by atoms with Gasteiger partial charge in [0.05, 0.1) is 7.11 Å². The molecule has 2 rings (SSSR count). The zero-order valence-electron chi connectivity index (χ0n) is 12.8. The minimum atomic E-state index is -0.0124. The van der Waals surface area contributed by atoms with Crippen molar-refractivity contribution in [3.63, 3.8) is 0 Å². The van der Waals surface area contributed by atoms with E-state index < -0.39 is 0 Å². The first-order valence-electron chi connectivity index (χ1n) is 7.88. The van der Waals surface area contributed by atoms with E-state index in [1.165, 1.54) is 32.1 Å². The fourth-order valence-electron chi connectivity index (χ4n) is 2.82.